The molecule has 2 aliphatic heterocycles. The van der Waals surface area contributed by atoms with E-state index in [1.54, 1.807) is 16.2 Å². The summed E-state index contributed by atoms with van der Waals surface area (Å²) in [5.41, 5.74) is 2.88. The van der Waals surface area contributed by atoms with Crippen LogP contribution in [0.5, 0.6) is 5.75 Å². The minimum Gasteiger partial charge on any atom is -0.494 e. The van der Waals surface area contributed by atoms with Gasteiger partial charge in [-0.2, -0.15) is 0 Å². The van der Waals surface area contributed by atoms with Crippen molar-refractivity contribution < 1.29 is 24.1 Å². The number of methoxy groups -OCH3 is 1. The van der Waals surface area contributed by atoms with Crippen LogP contribution in [0.3, 0.4) is 0 Å². The first-order chi connectivity index (χ1) is 18.9. The zero-order valence-corrected chi connectivity index (χ0v) is 23.9. The Morgan fingerprint density at radius 1 is 1.05 bits per heavy atom. The van der Waals surface area contributed by atoms with Crippen molar-refractivity contribution in [2.24, 2.45) is 0 Å². The molecule has 5 rings (SSSR count). The van der Waals surface area contributed by atoms with Crippen molar-refractivity contribution in [1.82, 2.24) is 4.90 Å². The van der Waals surface area contributed by atoms with E-state index in [1.165, 1.54) is 22.9 Å². The molecule has 1 amide bonds. The van der Waals surface area contributed by atoms with E-state index in [1.807, 2.05) is 18.2 Å². The molecule has 0 saturated carbocycles. The summed E-state index contributed by atoms with van der Waals surface area (Å²) in [5.74, 6) is 0.674. The van der Waals surface area contributed by atoms with E-state index in [0.717, 1.165) is 62.6 Å². The Morgan fingerprint density at radius 2 is 1.87 bits per heavy atom. The Labute approximate surface area is 234 Å². The number of carbonyl (C=O) groups is 1. The van der Waals surface area contributed by atoms with Gasteiger partial charge in [0.05, 0.1) is 12.3 Å². The third kappa shape index (κ3) is 6.39. The number of rotatable bonds is 11. The topological polar surface area (TPSA) is 74.7 Å². The molecule has 0 aliphatic carbocycles. The molecule has 1 atom stereocenters. The number of anilines is 2. The molecule has 2 aliphatic rings. The summed E-state index contributed by atoms with van der Waals surface area (Å²) in [6, 6.07) is 14.8. The quantitative estimate of drug-likeness (QED) is 0.270. The van der Waals surface area contributed by atoms with Crippen molar-refractivity contribution in [3.8, 4) is 5.75 Å². The zero-order chi connectivity index (χ0) is 27.4. The summed E-state index contributed by atoms with van der Waals surface area (Å²) in [6.07, 6.45) is 2.40. The molecule has 39 heavy (non-hydrogen) atoms. The van der Waals surface area contributed by atoms with Crippen molar-refractivity contribution in [1.29, 1.82) is 0 Å². The highest BCUT2D eigenvalue weighted by Gasteiger charge is 2.37. The molecule has 1 aromatic heterocycles. The van der Waals surface area contributed by atoms with E-state index in [0.29, 0.717) is 13.0 Å². The predicted molar refractivity (Wildman–Crippen MR) is 156 cm³/mol. The van der Waals surface area contributed by atoms with Gasteiger partial charge in [-0.1, -0.05) is 26.0 Å². The number of thiophene rings is 1. The van der Waals surface area contributed by atoms with Crippen LogP contribution in [0.1, 0.15) is 38.7 Å². The highest BCUT2D eigenvalue weighted by molar-refractivity contribution is 7.17. The molecule has 1 saturated heterocycles. The smallest absolute Gasteiger partial charge is 0.270 e. The molecule has 3 aromatic rings. The first-order valence-electron chi connectivity index (χ1n) is 13.7. The molecule has 8 nitrogen and oxygen atoms in total. The first-order valence-corrected chi connectivity index (χ1v) is 14.6. The Balaban J connectivity index is 1.09. The highest BCUT2D eigenvalue weighted by atomic mass is 32.1. The lowest BCUT2D eigenvalue weighted by Crippen LogP contribution is -2.46. The number of aliphatic hydroxyl groups excluding tert-OH is 1. The number of hydrogen-bond acceptors (Lipinski definition) is 8. The monoisotopic (exact) mass is 553 g/mol. The molecule has 1 unspecified atom stereocenters. The van der Waals surface area contributed by atoms with Gasteiger partial charge in [-0.3, -0.25) is 14.6 Å². The second-order valence-corrected chi connectivity index (χ2v) is 11.8. The fraction of sp³-hybridized carbons (Fsp3) is 0.500. The second-order valence-electron chi connectivity index (χ2n) is 10.9. The number of amides is 1. The standard InChI is InChI=1S/C30H39N3O5S/c1-30(2)20-28(34)33(21-38-29(35)36-3)26-19-22(9-10-24(26)30)37-17-5-4-12-31-13-15-32(16-14-31)25-7-6-8-27-23(25)11-18-39-27/h6-11,18-19,29,35H,4-5,12-17,20-21H2,1-3H3. The lowest BCUT2D eigenvalue weighted by atomic mass is 9.77. The number of piperazine rings is 1. The number of fused-ring (bicyclic) bond motifs is 2. The van der Waals surface area contributed by atoms with Crippen molar-refractivity contribution in [2.45, 2.75) is 45.0 Å². The van der Waals surface area contributed by atoms with Gasteiger partial charge in [0.1, 0.15) is 12.5 Å². The van der Waals surface area contributed by atoms with Gasteiger partial charge in [0.2, 0.25) is 5.91 Å². The number of nitrogens with zero attached hydrogens (tertiary/aromatic N) is 3. The van der Waals surface area contributed by atoms with E-state index in [4.69, 9.17) is 14.2 Å². The van der Waals surface area contributed by atoms with Crippen LogP contribution in [0, 0.1) is 0 Å². The number of carbonyl (C=O) groups excluding carboxylic acids is 1. The van der Waals surface area contributed by atoms with Crippen LogP contribution in [-0.4, -0.2) is 75.6 Å². The average molecular weight is 554 g/mol. The van der Waals surface area contributed by atoms with Crippen LogP contribution in [0.15, 0.2) is 47.8 Å². The van der Waals surface area contributed by atoms with Crippen LogP contribution >= 0.6 is 11.3 Å². The van der Waals surface area contributed by atoms with Gasteiger partial charge < -0.3 is 24.2 Å². The Kier molecular flexibility index (Phi) is 8.73. The number of ether oxygens (including phenoxy) is 3. The highest BCUT2D eigenvalue weighted by Crippen LogP contribution is 2.42. The maximum Gasteiger partial charge on any atom is 0.270 e. The summed E-state index contributed by atoms with van der Waals surface area (Å²) in [7, 11) is 1.35. The van der Waals surface area contributed by atoms with Gasteiger partial charge in [0, 0.05) is 67.0 Å². The summed E-state index contributed by atoms with van der Waals surface area (Å²) in [5, 5.41) is 13.2. The van der Waals surface area contributed by atoms with Crippen LogP contribution in [0.4, 0.5) is 11.4 Å². The zero-order valence-electron chi connectivity index (χ0n) is 23.1. The van der Waals surface area contributed by atoms with Crippen molar-refractivity contribution in [3.05, 3.63) is 53.4 Å². The van der Waals surface area contributed by atoms with E-state index in [9.17, 15) is 9.90 Å². The summed E-state index contributed by atoms with van der Waals surface area (Å²) < 4.78 is 17.5. The second kappa shape index (κ2) is 12.2. The third-order valence-electron chi connectivity index (χ3n) is 7.75. The molecule has 1 N–H and O–H groups in total. The Hall–Kier alpha value is -2.69. The molecule has 2 aromatic carbocycles. The number of aliphatic hydroxyl groups is 1. The normalized spacial score (nSPS) is 18.4. The SMILES string of the molecule is COC(O)OCN1C(=O)CC(C)(C)c2ccc(OCCCCN3CCN(c4cccc5sccc45)CC3)cc21. The molecule has 0 radical (unpaired) electrons. The number of benzene rings is 2. The van der Waals surface area contributed by atoms with Gasteiger partial charge in [-0.05, 0) is 54.6 Å². The van der Waals surface area contributed by atoms with Crippen LogP contribution in [-0.2, 0) is 19.7 Å². The predicted octanol–water partition coefficient (Wildman–Crippen LogP) is 4.79. The lowest BCUT2D eigenvalue weighted by Gasteiger charge is -2.38. The number of unbranched alkanes of at least 4 members (excludes halogenated alkanes) is 1. The lowest BCUT2D eigenvalue weighted by molar-refractivity contribution is -0.249. The fourth-order valence-corrected chi connectivity index (χ4v) is 6.35. The van der Waals surface area contributed by atoms with Crippen LogP contribution in [0.2, 0.25) is 0 Å². The summed E-state index contributed by atoms with van der Waals surface area (Å²) >= 11 is 1.81. The summed E-state index contributed by atoms with van der Waals surface area (Å²) in [6.45, 7) is 8.61. The van der Waals surface area contributed by atoms with Crippen LogP contribution < -0.4 is 14.5 Å². The number of hydrogen-bond donors (Lipinski definition) is 1. The molecular weight excluding hydrogens is 514 g/mol. The van der Waals surface area contributed by atoms with E-state index >= 15 is 0 Å². The van der Waals surface area contributed by atoms with Crippen molar-refractivity contribution >= 4 is 38.7 Å². The maximum absolute atomic E-state index is 12.9. The molecular formula is C30H39N3O5S. The largest absolute Gasteiger partial charge is 0.494 e. The molecule has 1 fully saturated rings. The summed E-state index contributed by atoms with van der Waals surface area (Å²) in [4.78, 5) is 19.5. The molecule has 3 heterocycles. The first kappa shape index (κ1) is 27.9. The van der Waals surface area contributed by atoms with E-state index in [2.05, 4.69) is 53.3 Å². The minimum absolute atomic E-state index is 0.0555. The van der Waals surface area contributed by atoms with Gasteiger partial charge in [-0.15, -0.1) is 11.3 Å². The fourth-order valence-electron chi connectivity index (χ4n) is 5.54. The third-order valence-corrected chi connectivity index (χ3v) is 8.64. The maximum atomic E-state index is 12.9. The molecule has 0 bridgehead atoms. The van der Waals surface area contributed by atoms with Gasteiger partial charge >= 0.3 is 0 Å². The van der Waals surface area contributed by atoms with E-state index < -0.39 is 6.48 Å². The minimum atomic E-state index is -1.38. The molecule has 210 valence electrons. The van der Waals surface area contributed by atoms with Gasteiger partial charge in [-0.25, -0.2) is 0 Å². The Bertz CT molecular complexity index is 1270. The average Bonchev–Trinajstić information content (AvgIpc) is 3.42. The molecule has 9 heteroatoms. The van der Waals surface area contributed by atoms with Gasteiger partial charge in [0.25, 0.3) is 6.48 Å². The van der Waals surface area contributed by atoms with Crippen molar-refractivity contribution in [2.75, 3.05) is 63.0 Å². The van der Waals surface area contributed by atoms with Crippen molar-refractivity contribution in [3.63, 3.8) is 0 Å². The Morgan fingerprint density at radius 3 is 2.67 bits per heavy atom. The molecule has 0 spiro atoms. The van der Waals surface area contributed by atoms with Gasteiger partial charge in [0.15, 0.2) is 0 Å². The van der Waals surface area contributed by atoms with Crippen LogP contribution in [0.25, 0.3) is 10.1 Å². The van der Waals surface area contributed by atoms with E-state index in [-0.39, 0.29) is 18.1 Å².